The fourth-order valence-corrected chi connectivity index (χ4v) is 4.87. The zero-order chi connectivity index (χ0) is 21.8. The Bertz CT molecular complexity index is 798. The quantitative estimate of drug-likeness (QED) is 0.487. The summed E-state index contributed by atoms with van der Waals surface area (Å²) in [5, 5.41) is 12.3. The molecule has 4 atom stereocenters. The van der Waals surface area contributed by atoms with Crippen LogP contribution in [0, 0.1) is 5.92 Å². The summed E-state index contributed by atoms with van der Waals surface area (Å²) in [7, 11) is 0. The number of hydrogen-bond acceptors (Lipinski definition) is 6. The lowest BCUT2D eigenvalue weighted by molar-refractivity contribution is -0.145. The van der Waals surface area contributed by atoms with Crippen LogP contribution < -0.4 is 10.8 Å². The third-order valence-electron chi connectivity index (χ3n) is 6.60. The standard InChI is InChI=1S/C22H30N4O5/c27-20(24-30)18-12-17(31-22(29)25-9-4-5-10-25)13-23-19(18)21(28)26-11-8-16(14-26)15-6-2-1-3-7-15/h1-3,6-7,16-19,23,30H,4-5,8-14H2,(H,24,27)/t16-,17?,18-,19-/m0/s1. The number of piperidine rings is 1. The predicted octanol–water partition coefficient (Wildman–Crippen LogP) is 1.09. The van der Waals surface area contributed by atoms with Crippen molar-refractivity contribution in [2.75, 3.05) is 32.7 Å². The number of hydrogen-bond donors (Lipinski definition) is 3. The number of ether oxygens (including phenoxy) is 1. The molecule has 3 saturated heterocycles. The van der Waals surface area contributed by atoms with Gasteiger partial charge >= 0.3 is 6.09 Å². The van der Waals surface area contributed by atoms with Gasteiger partial charge in [-0.05, 0) is 31.2 Å². The number of carbonyl (C=O) groups excluding carboxylic acids is 3. The fraction of sp³-hybridized carbons (Fsp3) is 0.591. The molecule has 1 aromatic carbocycles. The lowest BCUT2D eigenvalue weighted by Gasteiger charge is -2.36. The van der Waals surface area contributed by atoms with Gasteiger partial charge in [0.15, 0.2) is 0 Å². The largest absolute Gasteiger partial charge is 0.445 e. The van der Waals surface area contributed by atoms with Crippen molar-refractivity contribution in [1.82, 2.24) is 20.6 Å². The number of hydroxylamine groups is 1. The molecule has 0 radical (unpaired) electrons. The highest BCUT2D eigenvalue weighted by Crippen LogP contribution is 2.29. The van der Waals surface area contributed by atoms with Crippen molar-refractivity contribution in [3.8, 4) is 0 Å². The molecule has 0 aliphatic carbocycles. The molecule has 9 heteroatoms. The first kappa shape index (κ1) is 21.6. The molecule has 3 aliphatic rings. The van der Waals surface area contributed by atoms with Crippen LogP contribution in [0.5, 0.6) is 0 Å². The second kappa shape index (κ2) is 9.65. The minimum absolute atomic E-state index is 0.156. The van der Waals surface area contributed by atoms with Gasteiger partial charge in [-0.25, -0.2) is 10.3 Å². The monoisotopic (exact) mass is 430 g/mol. The summed E-state index contributed by atoms with van der Waals surface area (Å²) in [6, 6.07) is 9.33. The van der Waals surface area contributed by atoms with E-state index in [4.69, 9.17) is 4.74 Å². The number of nitrogens with zero attached hydrogens (tertiary/aromatic N) is 2. The van der Waals surface area contributed by atoms with Crippen LogP contribution in [0.1, 0.15) is 37.2 Å². The van der Waals surface area contributed by atoms with E-state index in [1.807, 2.05) is 18.2 Å². The Morgan fingerprint density at radius 1 is 1.06 bits per heavy atom. The molecule has 3 aliphatic heterocycles. The fourth-order valence-electron chi connectivity index (χ4n) is 4.87. The number of benzene rings is 1. The molecular formula is C22H30N4O5. The highest BCUT2D eigenvalue weighted by atomic mass is 16.6. The maximum Gasteiger partial charge on any atom is 0.410 e. The van der Waals surface area contributed by atoms with E-state index < -0.39 is 24.0 Å². The van der Waals surface area contributed by atoms with E-state index in [9.17, 15) is 19.6 Å². The summed E-state index contributed by atoms with van der Waals surface area (Å²) >= 11 is 0. The van der Waals surface area contributed by atoms with E-state index in [1.165, 1.54) is 5.56 Å². The lowest BCUT2D eigenvalue weighted by Crippen LogP contribution is -2.59. The van der Waals surface area contributed by atoms with E-state index >= 15 is 0 Å². The summed E-state index contributed by atoms with van der Waals surface area (Å²) < 4.78 is 5.57. The lowest BCUT2D eigenvalue weighted by atomic mass is 9.87. The molecule has 1 aromatic rings. The van der Waals surface area contributed by atoms with Gasteiger partial charge in [-0.2, -0.15) is 0 Å². The molecule has 3 amide bonds. The minimum Gasteiger partial charge on any atom is -0.445 e. The second-order valence-electron chi connectivity index (χ2n) is 8.58. The molecular weight excluding hydrogens is 400 g/mol. The molecule has 3 N–H and O–H groups in total. The van der Waals surface area contributed by atoms with Crippen molar-refractivity contribution in [3.63, 3.8) is 0 Å². The number of nitrogens with one attached hydrogen (secondary N) is 2. The average molecular weight is 431 g/mol. The third-order valence-corrected chi connectivity index (χ3v) is 6.60. The van der Waals surface area contributed by atoms with E-state index in [2.05, 4.69) is 17.4 Å². The Balaban J connectivity index is 1.38. The van der Waals surface area contributed by atoms with Crippen LogP contribution in [-0.4, -0.2) is 77.8 Å². The molecule has 4 rings (SSSR count). The van der Waals surface area contributed by atoms with Crippen LogP contribution in [-0.2, 0) is 14.3 Å². The van der Waals surface area contributed by atoms with Crippen molar-refractivity contribution in [2.45, 2.75) is 43.7 Å². The van der Waals surface area contributed by atoms with Crippen LogP contribution in [0.25, 0.3) is 0 Å². The summed E-state index contributed by atoms with van der Waals surface area (Å²) in [5.41, 5.74) is 2.87. The first-order valence-electron chi connectivity index (χ1n) is 11.0. The van der Waals surface area contributed by atoms with Gasteiger partial charge in [0.2, 0.25) is 11.8 Å². The van der Waals surface area contributed by atoms with Crippen molar-refractivity contribution >= 4 is 17.9 Å². The van der Waals surface area contributed by atoms with E-state index in [0.717, 1.165) is 19.3 Å². The predicted molar refractivity (Wildman–Crippen MR) is 111 cm³/mol. The summed E-state index contributed by atoms with van der Waals surface area (Å²) in [6.07, 6.45) is 2.06. The molecule has 9 nitrogen and oxygen atoms in total. The first-order chi connectivity index (χ1) is 15.1. The molecule has 3 heterocycles. The summed E-state index contributed by atoms with van der Waals surface area (Å²) in [4.78, 5) is 41.3. The van der Waals surface area contributed by atoms with Crippen LogP contribution in [0.3, 0.4) is 0 Å². The minimum atomic E-state index is -0.821. The Kier molecular flexibility index (Phi) is 6.72. The first-order valence-corrected chi connectivity index (χ1v) is 11.0. The van der Waals surface area contributed by atoms with Gasteiger partial charge in [-0.1, -0.05) is 30.3 Å². The Hall–Kier alpha value is -2.65. The molecule has 0 saturated carbocycles. The maximum absolute atomic E-state index is 13.2. The molecule has 0 aromatic heterocycles. The van der Waals surface area contributed by atoms with Crippen LogP contribution in [0.4, 0.5) is 4.79 Å². The second-order valence-corrected chi connectivity index (χ2v) is 8.58. The zero-order valence-corrected chi connectivity index (χ0v) is 17.5. The highest BCUT2D eigenvalue weighted by Gasteiger charge is 2.43. The van der Waals surface area contributed by atoms with Crippen molar-refractivity contribution in [1.29, 1.82) is 0 Å². The molecule has 3 fully saturated rings. The van der Waals surface area contributed by atoms with Gasteiger partial charge < -0.3 is 19.9 Å². The van der Waals surface area contributed by atoms with E-state index in [1.54, 1.807) is 15.3 Å². The molecule has 1 unspecified atom stereocenters. The van der Waals surface area contributed by atoms with Crippen LogP contribution >= 0.6 is 0 Å². The van der Waals surface area contributed by atoms with Crippen LogP contribution in [0.15, 0.2) is 30.3 Å². The smallest absolute Gasteiger partial charge is 0.410 e. The van der Waals surface area contributed by atoms with Gasteiger partial charge in [0.05, 0.1) is 12.0 Å². The van der Waals surface area contributed by atoms with Crippen molar-refractivity contribution in [3.05, 3.63) is 35.9 Å². The molecule has 0 spiro atoms. The number of amides is 3. The van der Waals surface area contributed by atoms with Gasteiger partial charge in [0.25, 0.3) is 0 Å². The number of carbonyl (C=O) groups is 3. The maximum atomic E-state index is 13.2. The normalized spacial score (nSPS) is 28.4. The third kappa shape index (κ3) is 4.83. The Labute approximate surface area is 181 Å². The molecule has 31 heavy (non-hydrogen) atoms. The SMILES string of the molecule is O=C(NO)[C@H]1CC(OC(=O)N2CCCC2)CN[C@@H]1C(=O)N1CC[C@H](c2ccccc2)C1. The Morgan fingerprint density at radius 3 is 2.52 bits per heavy atom. The zero-order valence-electron chi connectivity index (χ0n) is 17.5. The Morgan fingerprint density at radius 2 is 1.81 bits per heavy atom. The van der Waals surface area contributed by atoms with Gasteiger partial charge in [-0.15, -0.1) is 0 Å². The van der Waals surface area contributed by atoms with Crippen LogP contribution in [0.2, 0.25) is 0 Å². The van der Waals surface area contributed by atoms with Gasteiger partial charge in [-0.3, -0.25) is 14.8 Å². The van der Waals surface area contributed by atoms with Gasteiger partial charge in [0.1, 0.15) is 6.10 Å². The number of rotatable bonds is 4. The van der Waals surface area contributed by atoms with Crippen molar-refractivity contribution < 1.29 is 24.3 Å². The van der Waals surface area contributed by atoms with Crippen molar-refractivity contribution in [2.24, 2.45) is 5.92 Å². The molecule has 0 bridgehead atoms. The summed E-state index contributed by atoms with van der Waals surface area (Å²) in [6.45, 7) is 2.87. The average Bonchev–Trinajstić information content (AvgIpc) is 3.51. The van der Waals surface area contributed by atoms with E-state index in [0.29, 0.717) is 32.7 Å². The van der Waals surface area contributed by atoms with E-state index in [-0.39, 0.29) is 24.3 Å². The highest BCUT2D eigenvalue weighted by molar-refractivity contribution is 5.90. The summed E-state index contributed by atoms with van der Waals surface area (Å²) in [5.74, 6) is -1.35. The topological polar surface area (TPSA) is 111 Å². The molecule has 168 valence electrons. The number of likely N-dealkylation sites (tertiary alicyclic amines) is 2. The van der Waals surface area contributed by atoms with Gasteiger partial charge in [0, 0.05) is 38.6 Å².